The Morgan fingerprint density at radius 3 is 2.15 bits per heavy atom. The van der Waals surface area contributed by atoms with Crippen LogP contribution >= 0.6 is 0 Å². The van der Waals surface area contributed by atoms with Gasteiger partial charge in [0.2, 0.25) is 0 Å². The Bertz CT molecular complexity index is 976. The molecule has 27 heavy (non-hydrogen) atoms. The molecule has 0 amide bonds. The quantitative estimate of drug-likeness (QED) is 0.307. The molecule has 5 rings (SSSR count). The Hall–Kier alpha value is -1.15. The zero-order valence-electron chi connectivity index (χ0n) is 15.0. The van der Waals surface area contributed by atoms with Crippen molar-refractivity contribution in [1.82, 2.24) is 0 Å². The number of fused-ring (bicyclic) bond motifs is 4. The van der Waals surface area contributed by atoms with Gasteiger partial charge >= 0.3 is 0 Å². The van der Waals surface area contributed by atoms with E-state index in [0.29, 0.717) is 0 Å². The number of hydrogen-bond donors (Lipinski definition) is 0. The van der Waals surface area contributed by atoms with Gasteiger partial charge in [0.05, 0.1) is 0 Å². The molecule has 0 aliphatic heterocycles. The first kappa shape index (κ1) is 22.1. The van der Waals surface area contributed by atoms with Crippen molar-refractivity contribution in [2.45, 2.75) is 25.7 Å². The Balaban J connectivity index is 0.000000871. The summed E-state index contributed by atoms with van der Waals surface area (Å²) in [6, 6.07) is 24.5. The molecule has 0 saturated heterocycles. The van der Waals surface area contributed by atoms with Crippen LogP contribution in [-0.2, 0) is 45.1 Å². The second kappa shape index (κ2) is 9.37. The molecule has 0 heterocycles. The summed E-state index contributed by atoms with van der Waals surface area (Å²) < 4.78 is 0. The fourth-order valence-corrected chi connectivity index (χ4v) is 4.26. The predicted octanol–water partition coefficient (Wildman–Crippen LogP) is -0.164. The van der Waals surface area contributed by atoms with Crippen molar-refractivity contribution in [2.24, 2.45) is 0 Å². The van der Waals surface area contributed by atoms with E-state index in [1.165, 1.54) is 39.8 Å². The molecule has 3 aromatic carbocycles. The number of benzene rings is 3. The second-order valence-corrected chi connectivity index (χ2v) is 6.96. The molecule has 0 N–H and O–H groups in total. The normalized spacial score (nSPS) is 12.5. The van der Waals surface area contributed by atoms with Crippen molar-refractivity contribution < 1.29 is 50.7 Å². The molecule has 0 radical (unpaired) electrons. The maximum Gasteiger partial charge on any atom is 0 e. The zero-order chi connectivity index (χ0) is 15.9. The number of halogens is 2. The molecule has 0 bridgehead atoms. The Morgan fingerprint density at radius 1 is 0.630 bits per heavy atom. The molecule has 3 aromatic rings. The minimum Gasteiger partial charge on any atom is -1.00 e. The van der Waals surface area contributed by atoms with Gasteiger partial charge in [0.1, 0.15) is 0 Å². The van der Waals surface area contributed by atoms with Gasteiger partial charge in [-0.15, -0.1) is 0 Å². The van der Waals surface area contributed by atoms with E-state index < -0.39 is 0 Å². The van der Waals surface area contributed by atoms with Gasteiger partial charge in [-0.25, -0.2) is 0 Å². The zero-order valence-corrected chi connectivity index (χ0v) is 20.1. The summed E-state index contributed by atoms with van der Waals surface area (Å²) in [4.78, 5) is 0. The van der Waals surface area contributed by atoms with Crippen LogP contribution in [0.1, 0.15) is 34.2 Å². The molecule has 136 valence electrons. The van der Waals surface area contributed by atoms with E-state index in [0.717, 1.165) is 19.3 Å². The fourth-order valence-electron chi connectivity index (χ4n) is 4.26. The first-order valence-electron chi connectivity index (χ1n) is 8.85. The number of aryl methyl sites for hydroxylation is 1. The Labute approximate surface area is 192 Å². The summed E-state index contributed by atoms with van der Waals surface area (Å²) in [5.41, 5.74) is 11.9. The summed E-state index contributed by atoms with van der Waals surface area (Å²) >= 11 is 0. The largest absolute Gasteiger partial charge is 1.00 e. The van der Waals surface area contributed by atoms with Crippen LogP contribution in [-0.4, -0.2) is 0 Å². The van der Waals surface area contributed by atoms with Crippen LogP contribution in [0.15, 0.2) is 72.3 Å². The van der Waals surface area contributed by atoms with Crippen molar-refractivity contribution in [3.05, 3.63) is 100 Å². The van der Waals surface area contributed by atoms with E-state index in [2.05, 4.69) is 72.8 Å². The number of allylic oxidation sites excluding steroid dienone is 1. The van der Waals surface area contributed by atoms with Gasteiger partial charge in [0, 0.05) is 25.8 Å². The molecule has 0 unspecified atom stereocenters. The Morgan fingerprint density at radius 2 is 1.33 bits per heavy atom. The van der Waals surface area contributed by atoms with Gasteiger partial charge < -0.3 is 24.8 Å². The summed E-state index contributed by atoms with van der Waals surface area (Å²) in [5.74, 6) is 0. The first-order chi connectivity index (χ1) is 11.9. The molecule has 0 aromatic heterocycles. The smallest absolute Gasteiger partial charge is 0 e. The van der Waals surface area contributed by atoms with Crippen molar-refractivity contribution in [3.8, 4) is 11.1 Å². The average molecular weight is 558 g/mol. The second-order valence-electron chi connectivity index (χ2n) is 6.96. The molecule has 0 spiro atoms. The summed E-state index contributed by atoms with van der Waals surface area (Å²) in [6.07, 6.45) is 6.94. The number of rotatable bonds is 3. The van der Waals surface area contributed by atoms with E-state index in [1.54, 1.807) is 11.1 Å². The summed E-state index contributed by atoms with van der Waals surface area (Å²) in [5, 5.41) is 0. The van der Waals surface area contributed by atoms with Gasteiger partial charge in [0.25, 0.3) is 0 Å². The monoisotopic (exact) mass is 558 g/mol. The molecule has 0 nitrogen and oxygen atoms in total. The van der Waals surface area contributed by atoms with Crippen molar-refractivity contribution >= 4 is 6.08 Å². The van der Waals surface area contributed by atoms with Crippen molar-refractivity contribution in [2.75, 3.05) is 0 Å². The SMILES string of the molecule is C1=C(CCc2cccc3c2Cc2ccccc2-3)Cc2ccccc21.[Cl-].[Cl-].[Hf]. The summed E-state index contributed by atoms with van der Waals surface area (Å²) in [7, 11) is 0. The third kappa shape index (κ3) is 4.16. The van der Waals surface area contributed by atoms with Crippen LogP contribution in [0.2, 0.25) is 0 Å². The predicted molar refractivity (Wildman–Crippen MR) is 101 cm³/mol. The van der Waals surface area contributed by atoms with E-state index in [1.807, 2.05) is 0 Å². The van der Waals surface area contributed by atoms with Crippen LogP contribution in [0, 0.1) is 0 Å². The van der Waals surface area contributed by atoms with Crippen molar-refractivity contribution in [3.63, 3.8) is 0 Å². The van der Waals surface area contributed by atoms with Gasteiger partial charge in [0.15, 0.2) is 0 Å². The molecule has 0 saturated carbocycles. The van der Waals surface area contributed by atoms with Crippen LogP contribution in [0.4, 0.5) is 0 Å². The minimum atomic E-state index is 0. The molecular formula is C24H20Cl2Hf-2. The maximum absolute atomic E-state index is 2.40. The van der Waals surface area contributed by atoms with Crippen LogP contribution in [0.3, 0.4) is 0 Å². The third-order valence-corrected chi connectivity index (χ3v) is 5.50. The molecule has 3 heteroatoms. The van der Waals surface area contributed by atoms with Crippen LogP contribution < -0.4 is 24.8 Å². The third-order valence-electron chi connectivity index (χ3n) is 5.50. The Kier molecular flexibility index (Phi) is 7.68. The van der Waals surface area contributed by atoms with Crippen molar-refractivity contribution in [1.29, 1.82) is 0 Å². The van der Waals surface area contributed by atoms with E-state index in [-0.39, 0.29) is 50.7 Å². The first-order valence-corrected chi connectivity index (χ1v) is 8.85. The standard InChI is InChI=1S/C24H20.2ClH.Hf/c1-2-7-20-15-17(14-19(20)6-1)12-13-18-9-5-11-23-22-10-4-3-8-21(22)16-24(18)23;;;/h1-11,14H,12-13,15-16H2;2*1H;/p-2. The topological polar surface area (TPSA) is 0 Å². The van der Waals surface area contributed by atoms with Gasteiger partial charge in [-0.2, -0.15) is 0 Å². The van der Waals surface area contributed by atoms with E-state index in [4.69, 9.17) is 0 Å². The fraction of sp³-hybridized carbons (Fsp3) is 0.167. The maximum atomic E-state index is 2.40. The van der Waals surface area contributed by atoms with Gasteiger partial charge in [-0.05, 0) is 64.6 Å². The molecule has 2 aliphatic carbocycles. The van der Waals surface area contributed by atoms with Gasteiger partial charge in [-0.3, -0.25) is 0 Å². The van der Waals surface area contributed by atoms with Gasteiger partial charge in [-0.1, -0.05) is 78.4 Å². The molecule has 2 aliphatic rings. The summed E-state index contributed by atoms with van der Waals surface area (Å²) in [6.45, 7) is 0. The average Bonchev–Trinajstić information content (AvgIpc) is 3.21. The van der Waals surface area contributed by atoms with Crippen LogP contribution in [0.25, 0.3) is 17.2 Å². The van der Waals surface area contributed by atoms with E-state index >= 15 is 0 Å². The molecule has 0 atom stereocenters. The minimum absolute atomic E-state index is 0. The van der Waals surface area contributed by atoms with E-state index in [9.17, 15) is 0 Å². The molecule has 0 fully saturated rings. The number of hydrogen-bond acceptors (Lipinski definition) is 0. The molecular weight excluding hydrogens is 538 g/mol. The van der Waals surface area contributed by atoms with Crippen LogP contribution in [0.5, 0.6) is 0 Å².